The maximum Gasteiger partial charge on any atom is 0.270 e. The van der Waals surface area contributed by atoms with E-state index < -0.39 is 10.1 Å². The van der Waals surface area contributed by atoms with Gasteiger partial charge in [-0.3, -0.25) is 4.18 Å². The van der Waals surface area contributed by atoms with Crippen LogP contribution in [-0.2, 0) is 14.3 Å². The Morgan fingerprint density at radius 2 is 1.83 bits per heavy atom. The van der Waals surface area contributed by atoms with Crippen molar-refractivity contribution in [3.8, 4) is 0 Å². The van der Waals surface area contributed by atoms with Gasteiger partial charge in [-0.05, 0) is 25.2 Å². The van der Waals surface area contributed by atoms with Crippen molar-refractivity contribution in [3.05, 3.63) is 0 Å². The lowest BCUT2D eigenvalue weighted by Gasteiger charge is -2.22. The quantitative estimate of drug-likeness (QED) is 0.632. The summed E-state index contributed by atoms with van der Waals surface area (Å²) in [5, 5.41) is -0.241. The third kappa shape index (κ3) is 5.27. The Bertz CT molecular complexity index is 305. The Balaban J connectivity index is 2.39. The van der Waals surface area contributed by atoms with Crippen LogP contribution in [0.2, 0.25) is 0 Å². The zero-order valence-corrected chi connectivity index (χ0v) is 12.7. The largest absolute Gasteiger partial charge is 0.270 e. The molecular formula is C14H28O3S. The van der Waals surface area contributed by atoms with Gasteiger partial charge in [0.05, 0.1) is 11.9 Å². The van der Waals surface area contributed by atoms with Gasteiger partial charge in [0.15, 0.2) is 0 Å². The monoisotopic (exact) mass is 276 g/mol. The average molecular weight is 276 g/mol. The first-order valence-electron chi connectivity index (χ1n) is 7.48. The maximum atomic E-state index is 12.1. The normalized spacial score (nSPS) is 19.9. The Morgan fingerprint density at radius 1 is 1.17 bits per heavy atom. The molecule has 4 heteroatoms. The topological polar surface area (TPSA) is 43.4 Å². The van der Waals surface area contributed by atoms with Gasteiger partial charge in [0, 0.05) is 0 Å². The van der Waals surface area contributed by atoms with Crippen LogP contribution in [0.25, 0.3) is 0 Å². The molecule has 1 atom stereocenters. The van der Waals surface area contributed by atoms with Crippen LogP contribution in [0.5, 0.6) is 0 Å². The van der Waals surface area contributed by atoms with Gasteiger partial charge in [0.25, 0.3) is 10.1 Å². The molecule has 1 fully saturated rings. The minimum Gasteiger partial charge on any atom is -0.270 e. The smallest absolute Gasteiger partial charge is 0.270 e. The first-order chi connectivity index (χ1) is 8.60. The van der Waals surface area contributed by atoms with Crippen LogP contribution in [0.15, 0.2) is 0 Å². The first kappa shape index (κ1) is 16.0. The number of unbranched alkanes of at least 4 members (excludes halogenated alkanes) is 1. The van der Waals surface area contributed by atoms with E-state index in [1.165, 1.54) is 6.42 Å². The van der Waals surface area contributed by atoms with E-state index in [1.807, 2.05) is 0 Å². The van der Waals surface area contributed by atoms with Crippen molar-refractivity contribution in [2.75, 3.05) is 6.61 Å². The van der Waals surface area contributed by atoms with Crippen LogP contribution in [0.3, 0.4) is 0 Å². The van der Waals surface area contributed by atoms with Gasteiger partial charge in [-0.25, -0.2) is 0 Å². The van der Waals surface area contributed by atoms with E-state index in [0.29, 0.717) is 12.5 Å². The fourth-order valence-electron chi connectivity index (χ4n) is 2.54. The second kappa shape index (κ2) is 8.16. The van der Waals surface area contributed by atoms with E-state index >= 15 is 0 Å². The van der Waals surface area contributed by atoms with E-state index in [2.05, 4.69) is 13.8 Å². The van der Waals surface area contributed by atoms with Gasteiger partial charge < -0.3 is 0 Å². The van der Waals surface area contributed by atoms with Gasteiger partial charge in [0.1, 0.15) is 0 Å². The molecule has 0 saturated heterocycles. The summed E-state index contributed by atoms with van der Waals surface area (Å²) in [6, 6.07) is 0. The van der Waals surface area contributed by atoms with E-state index in [-0.39, 0.29) is 5.25 Å². The molecule has 1 aliphatic carbocycles. The van der Waals surface area contributed by atoms with Crippen molar-refractivity contribution in [1.82, 2.24) is 0 Å². The molecule has 0 aliphatic heterocycles. The second-order valence-electron chi connectivity index (χ2n) is 5.45. The lowest BCUT2D eigenvalue weighted by atomic mass is 10.0. The predicted octanol–water partition coefficient (Wildman–Crippen LogP) is 3.88. The molecule has 0 aromatic carbocycles. The molecule has 1 unspecified atom stereocenters. The van der Waals surface area contributed by atoms with Crippen molar-refractivity contribution >= 4 is 10.1 Å². The van der Waals surface area contributed by atoms with Gasteiger partial charge in [0.2, 0.25) is 0 Å². The molecule has 0 bridgehead atoms. The van der Waals surface area contributed by atoms with E-state index in [0.717, 1.165) is 51.4 Å². The van der Waals surface area contributed by atoms with Gasteiger partial charge in [-0.1, -0.05) is 52.4 Å². The van der Waals surface area contributed by atoms with Crippen molar-refractivity contribution < 1.29 is 12.6 Å². The average Bonchev–Trinajstić information content (AvgIpc) is 2.40. The lowest BCUT2D eigenvalue weighted by Crippen LogP contribution is -2.27. The molecule has 0 aromatic heterocycles. The molecule has 1 aliphatic rings. The van der Waals surface area contributed by atoms with Crippen LogP contribution >= 0.6 is 0 Å². The van der Waals surface area contributed by atoms with Gasteiger partial charge in [-0.15, -0.1) is 0 Å². The molecule has 0 aromatic rings. The summed E-state index contributed by atoms with van der Waals surface area (Å²) in [6.45, 7) is 4.65. The standard InChI is InChI=1S/C14H28O3S/c1-3-5-9-13(4-2)12-17-18(15,16)14-10-7-6-8-11-14/h13-14H,3-12H2,1-2H3. The van der Waals surface area contributed by atoms with Crippen molar-refractivity contribution in [2.45, 2.75) is 76.9 Å². The summed E-state index contributed by atoms with van der Waals surface area (Å²) in [5.41, 5.74) is 0. The fraction of sp³-hybridized carbons (Fsp3) is 1.00. The SMILES string of the molecule is CCCCC(CC)COS(=O)(=O)C1CCCCC1. The van der Waals surface area contributed by atoms with Crippen molar-refractivity contribution in [1.29, 1.82) is 0 Å². The second-order valence-corrected chi connectivity index (χ2v) is 7.34. The van der Waals surface area contributed by atoms with Gasteiger partial charge in [-0.2, -0.15) is 8.42 Å². The number of hydrogen-bond donors (Lipinski definition) is 0. The molecule has 0 spiro atoms. The molecule has 108 valence electrons. The van der Waals surface area contributed by atoms with Crippen molar-refractivity contribution in [2.24, 2.45) is 5.92 Å². The van der Waals surface area contributed by atoms with E-state index in [4.69, 9.17) is 4.18 Å². The molecule has 0 amide bonds. The Morgan fingerprint density at radius 3 is 2.39 bits per heavy atom. The maximum absolute atomic E-state index is 12.1. The number of hydrogen-bond acceptors (Lipinski definition) is 3. The summed E-state index contributed by atoms with van der Waals surface area (Å²) in [5.74, 6) is 0.392. The minimum absolute atomic E-state index is 0.241. The summed E-state index contributed by atoms with van der Waals surface area (Å²) >= 11 is 0. The lowest BCUT2D eigenvalue weighted by molar-refractivity contribution is 0.232. The predicted molar refractivity (Wildman–Crippen MR) is 75.1 cm³/mol. The molecule has 0 radical (unpaired) electrons. The summed E-state index contributed by atoms with van der Waals surface area (Å²) in [6.07, 6.45) is 9.19. The van der Waals surface area contributed by atoms with E-state index in [1.54, 1.807) is 0 Å². The number of rotatable bonds is 8. The highest BCUT2D eigenvalue weighted by Gasteiger charge is 2.28. The van der Waals surface area contributed by atoms with E-state index in [9.17, 15) is 8.42 Å². The molecule has 0 N–H and O–H groups in total. The zero-order valence-electron chi connectivity index (χ0n) is 11.9. The third-order valence-electron chi connectivity index (χ3n) is 3.97. The van der Waals surface area contributed by atoms with Crippen molar-refractivity contribution in [3.63, 3.8) is 0 Å². The van der Waals surface area contributed by atoms with Crippen LogP contribution < -0.4 is 0 Å². The molecule has 1 saturated carbocycles. The highest BCUT2D eigenvalue weighted by atomic mass is 32.2. The zero-order chi connectivity index (χ0) is 13.4. The van der Waals surface area contributed by atoms with Crippen LogP contribution in [0.4, 0.5) is 0 Å². The van der Waals surface area contributed by atoms with Crippen LogP contribution in [-0.4, -0.2) is 20.3 Å². The molecule has 3 nitrogen and oxygen atoms in total. The molecule has 18 heavy (non-hydrogen) atoms. The van der Waals surface area contributed by atoms with Crippen LogP contribution in [0.1, 0.15) is 71.6 Å². The highest BCUT2D eigenvalue weighted by Crippen LogP contribution is 2.25. The summed E-state index contributed by atoms with van der Waals surface area (Å²) in [7, 11) is -3.31. The molecular weight excluding hydrogens is 248 g/mol. The molecule has 1 rings (SSSR count). The Kier molecular flexibility index (Phi) is 7.23. The minimum atomic E-state index is -3.31. The molecule has 0 heterocycles. The Hall–Kier alpha value is -0.0900. The Labute approximate surface area is 112 Å². The first-order valence-corrected chi connectivity index (χ1v) is 8.95. The fourth-order valence-corrected chi connectivity index (χ4v) is 4.02. The highest BCUT2D eigenvalue weighted by molar-refractivity contribution is 7.87. The van der Waals surface area contributed by atoms with Gasteiger partial charge >= 0.3 is 0 Å². The summed E-state index contributed by atoms with van der Waals surface area (Å²) in [4.78, 5) is 0. The summed E-state index contributed by atoms with van der Waals surface area (Å²) < 4.78 is 29.4. The van der Waals surface area contributed by atoms with Crippen LogP contribution in [0, 0.1) is 5.92 Å². The third-order valence-corrected chi connectivity index (χ3v) is 5.72.